The minimum Gasteiger partial charge on any atom is -1.00 e. The molecule has 0 aliphatic rings. The maximum Gasteiger partial charge on any atom is 1.00 e. The van der Waals surface area contributed by atoms with Crippen LogP contribution in [-0.4, -0.2) is 12.6 Å². The number of hydrogen-bond donors (Lipinski definition) is 1. The summed E-state index contributed by atoms with van der Waals surface area (Å²) in [5, 5.41) is 7.01. The first-order valence-electron chi connectivity index (χ1n) is 0.654. The molecule has 24 valence electrons. The maximum atomic E-state index is 8.70. The van der Waals surface area contributed by atoms with Gasteiger partial charge in [0.1, 0.15) is 0 Å². The summed E-state index contributed by atoms with van der Waals surface area (Å²) in [7, 11) is -0.0694. The van der Waals surface area contributed by atoms with Crippen molar-refractivity contribution in [3.63, 3.8) is 0 Å². The van der Waals surface area contributed by atoms with Gasteiger partial charge in [0.05, 0.1) is 0 Å². The maximum absolute atomic E-state index is 8.70. The van der Waals surface area contributed by atoms with Crippen LogP contribution in [0.25, 0.3) is 0 Å². The molecule has 5 heavy (non-hydrogen) atoms. The van der Waals surface area contributed by atoms with Crippen LogP contribution in [-0.2, 0) is 9.51 Å². The minimum atomic E-state index is -0.0694. The number of hydrogen-bond acceptors (Lipinski definition) is 3. The van der Waals surface area contributed by atoms with E-state index >= 15 is 0 Å². The van der Waals surface area contributed by atoms with Gasteiger partial charge in [0, 0.05) is 0 Å². The summed E-state index contributed by atoms with van der Waals surface area (Å²) in [6.07, 6.45) is 0. The first-order chi connectivity index (χ1) is 1.91. The third kappa shape index (κ3) is 12.1. The summed E-state index contributed by atoms with van der Waals surface area (Å²) in [6, 6.07) is 0. The standard InChI is InChI=1S/BHO3.Na.H/c2-1-4-3;;/h3H;;/q;+1;-1. The van der Waals surface area contributed by atoms with Crippen LogP contribution < -0.4 is 29.6 Å². The van der Waals surface area contributed by atoms with Gasteiger partial charge in [-0.3, -0.25) is 0 Å². The fourth-order valence-corrected chi connectivity index (χ4v) is 0. The van der Waals surface area contributed by atoms with E-state index in [-0.39, 0.29) is 38.3 Å². The van der Waals surface area contributed by atoms with Gasteiger partial charge in [-0.05, 0) is 0 Å². The predicted molar refractivity (Wildman–Crippen MR) is 11.3 cm³/mol. The van der Waals surface area contributed by atoms with Crippen molar-refractivity contribution in [3.8, 4) is 0 Å². The molecule has 0 radical (unpaired) electrons. The van der Waals surface area contributed by atoms with Crippen molar-refractivity contribution in [1.29, 1.82) is 0 Å². The van der Waals surface area contributed by atoms with Crippen molar-refractivity contribution >= 4 is 7.35 Å². The van der Waals surface area contributed by atoms with Crippen molar-refractivity contribution < 1.29 is 45.8 Å². The zero-order valence-electron chi connectivity index (χ0n) is 3.84. The topological polar surface area (TPSA) is 46.5 Å². The second-order valence-electron chi connectivity index (χ2n) is 0.202. The van der Waals surface area contributed by atoms with Crippen LogP contribution in [0.2, 0.25) is 0 Å². The Kier molecular flexibility index (Phi) is 16.2. The molecule has 0 aromatic rings. The Morgan fingerprint density at radius 3 is 2.20 bits per heavy atom. The van der Waals surface area contributed by atoms with Crippen LogP contribution in [0.1, 0.15) is 1.43 Å². The van der Waals surface area contributed by atoms with E-state index in [2.05, 4.69) is 4.81 Å². The molecule has 0 aromatic carbocycles. The average Bonchev–Trinajstić information content (AvgIpc) is 1.37. The third-order valence-electron chi connectivity index (χ3n) is 0.0430. The molecule has 0 heterocycles. The Balaban J connectivity index is -0.0000000450. The van der Waals surface area contributed by atoms with Crippen LogP contribution in [0, 0.1) is 0 Å². The van der Waals surface area contributed by atoms with E-state index in [4.69, 9.17) is 9.96 Å². The monoisotopic (exact) mass is 84.0 g/mol. The molecular formula is H2BNaO3. The molecule has 5 heteroatoms. The van der Waals surface area contributed by atoms with Crippen LogP contribution >= 0.6 is 0 Å². The fourth-order valence-electron chi connectivity index (χ4n) is 0. The van der Waals surface area contributed by atoms with E-state index in [0.29, 0.717) is 0 Å². The van der Waals surface area contributed by atoms with Crippen LogP contribution in [0.15, 0.2) is 0 Å². The van der Waals surface area contributed by atoms with Gasteiger partial charge in [-0.15, -0.1) is 0 Å². The first-order valence-corrected chi connectivity index (χ1v) is 0.654. The predicted octanol–water partition coefficient (Wildman–Crippen LogP) is -3.44. The van der Waals surface area contributed by atoms with E-state index < -0.39 is 0 Å². The van der Waals surface area contributed by atoms with Gasteiger partial charge in [0.2, 0.25) is 0 Å². The van der Waals surface area contributed by atoms with E-state index in [9.17, 15) is 0 Å². The van der Waals surface area contributed by atoms with Crippen molar-refractivity contribution in [2.45, 2.75) is 0 Å². The molecular weight excluding hydrogens is 81.8 g/mol. The molecule has 0 aliphatic heterocycles. The van der Waals surface area contributed by atoms with E-state index in [0.717, 1.165) is 0 Å². The quantitative estimate of drug-likeness (QED) is 0.204. The molecule has 1 N–H and O–H groups in total. The van der Waals surface area contributed by atoms with E-state index in [1.807, 2.05) is 0 Å². The SMILES string of the molecule is O=BOO.[H-].[Na+]. The zero-order chi connectivity index (χ0) is 3.41. The molecule has 0 fully saturated rings. The molecule has 3 nitrogen and oxygen atoms in total. The van der Waals surface area contributed by atoms with E-state index in [1.54, 1.807) is 0 Å². The van der Waals surface area contributed by atoms with Gasteiger partial charge in [-0.2, -0.15) is 0 Å². The summed E-state index contributed by atoms with van der Waals surface area (Å²) in [6.45, 7) is 0. The average molecular weight is 83.8 g/mol. The van der Waals surface area contributed by atoms with Crippen LogP contribution in [0.3, 0.4) is 0 Å². The molecule has 0 aliphatic carbocycles. The van der Waals surface area contributed by atoms with Crippen molar-refractivity contribution in [2.24, 2.45) is 0 Å². The zero-order valence-corrected chi connectivity index (χ0v) is 4.84. The molecule has 0 spiro atoms. The summed E-state index contributed by atoms with van der Waals surface area (Å²) in [5.41, 5.74) is 0. The van der Waals surface area contributed by atoms with Crippen LogP contribution in [0.5, 0.6) is 0 Å². The molecule has 0 saturated heterocycles. The fraction of sp³-hybridized carbons (Fsp3) is 0. The third-order valence-corrected chi connectivity index (χ3v) is 0.0430. The van der Waals surface area contributed by atoms with Crippen molar-refractivity contribution in [1.82, 2.24) is 0 Å². The Morgan fingerprint density at radius 1 is 2.00 bits per heavy atom. The molecule has 0 aromatic heterocycles. The summed E-state index contributed by atoms with van der Waals surface area (Å²) >= 11 is 0. The van der Waals surface area contributed by atoms with Gasteiger partial charge < -0.3 is 1.43 Å². The first kappa shape index (κ1) is 9.16. The Labute approximate surface area is 53.3 Å². The summed E-state index contributed by atoms with van der Waals surface area (Å²) < 4.78 is 8.70. The Bertz CT molecular complexity index is 24.8. The van der Waals surface area contributed by atoms with Gasteiger partial charge in [0.25, 0.3) is 0 Å². The van der Waals surface area contributed by atoms with Gasteiger partial charge in [-0.1, -0.05) is 0 Å². The van der Waals surface area contributed by atoms with E-state index in [1.165, 1.54) is 0 Å². The Hall–Kier alpha value is 0.625. The second-order valence-corrected chi connectivity index (χ2v) is 0.202. The molecule has 0 amide bonds. The minimum absolute atomic E-state index is 0. The van der Waals surface area contributed by atoms with Crippen LogP contribution in [0.4, 0.5) is 0 Å². The summed E-state index contributed by atoms with van der Waals surface area (Å²) in [4.78, 5) is 2.86. The molecule has 0 atom stereocenters. The largest absolute Gasteiger partial charge is 1.00 e. The molecule has 0 bridgehead atoms. The number of rotatable bonds is 1. The smallest absolute Gasteiger partial charge is 1.00 e. The summed E-state index contributed by atoms with van der Waals surface area (Å²) in [5.74, 6) is 0. The van der Waals surface area contributed by atoms with Crippen molar-refractivity contribution in [3.05, 3.63) is 0 Å². The molecule has 0 saturated carbocycles. The van der Waals surface area contributed by atoms with Crippen molar-refractivity contribution in [2.75, 3.05) is 0 Å². The van der Waals surface area contributed by atoms with Gasteiger partial charge >= 0.3 is 51.7 Å². The van der Waals surface area contributed by atoms with Gasteiger partial charge in [0.15, 0.2) is 0 Å². The second kappa shape index (κ2) is 8.82. The Morgan fingerprint density at radius 2 is 2.20 bits per heavy atom. The molecule has 0 unspecified atom stereocenters. The van der Waals surface area contributed by atoms with Gasteiger partial charge in [-0.25, -0.2) is 0 Å². The normalized spacial score (nSPS) is 3.40. The molecule has 0 rings (SSSR count).